The van der Waals surface area contributed by atoms with Gasteiger partial charge in [-0.2, -0.15) is 0 Å². The van der Waals surface area contributed by atoms with Gasteiger partial charge < -0.3 is 14.2 Å². The van der Waals surface area contributed by atoms with Crippen molar-refractivity contribution in [3.05, 3.63) is 11.5 Å². The van der Waals surface area contributed by atoms with Gasteiger partial charge in [-0.25, -0.2) is 0 Å². The fraction of sp³-hybridized carbons (Fsp3) is 0.750. The van der Waals surface area contributed by atoms with E-state index in [2.05, 4.69) is 0 Å². The van der Waals surface area contributed by atoms with Crippen molar-refractivity contribution in [3.8, 4) is 0 Å². The molecule has 5 heteroatoms. The Hall–Kier alpha value is -0.805. The number of carbonyl (C=O) groups is 1. The van der Waals surface area contributed by atoms with Gasteiger partial charge in [0.25, 0.3) is 0 Å². The third-order valence-corrected chi connectivity index (χ3v) is 4.23. The summed E-state index contributed by atoms with van der Waals surface area (Å²) in [6.45, 7) is 10.0. The Balaban J connectivity index is 2.23. The second-order valence-electron chi connectivity index (χ2n) is 5.86. The highest BCUT2D eigenvalue weighted by Gasteiger charge is 2.54. The van der Waals surface area contributed by atoms with Crippen LogP contribution in [0.3, 0.4) is 0 Å². The predicted octanol–water partition coefficient (Wildman–Crippen LogP) is 1.40. The van der Waals surface area contributed by atoms with Crippen LogP contribution in [0, 0.1) is 0 Å². The lowest BCUT2D eigenvalue weighted by atomic mass is 9.75. The summed E-state index contributed by atoms with van der Waals surface area (Å²) in [5.74, 6) is 0.0159. The van der Waals surface area contributed by atoms with E-state index in [0.29, 0.717) is 0 Å². The molecule has 0 N–H and O–H groups in total. The average molecular weight is 237 g/mol. The standard InChI is InChI=1S/C12H20BNO3/c1-8-9(7-10(15)14(8)6)13-16-11(2,3)12(4,5)17-13/h7-8H,1-6H3/t8-/m0/s1. The fourth-order valence-corrected chi connectivity index (χ4v) is 2.02. The second-order valence-corrected chi connectivity index (χ2v) is 5.86. The van der Waals surface area contributed by atoms with Crippen molar-refractivity contribution in [2.45, 2.75) is 51.9 Å². The predicted molar refractivity (Wildman–Crippen MR) is 66.4 cm³/mol. The van der Waals surface area contributed by atoms with Crippen LogP contribution in [0.4, 0.5) is 0 Å². The highest BCUT2D eigenvalue weighted by molar-refractivity contribution is 6.56. The number of amides is 1. The first-order valence-corrected chi connectivity index (χ1v) is 5.99. The van der Waals surface area contributed by atoms with E-state index in [0.717, 1.165) is 5.47 Å². The Morgan fingerprint density at radius 2 is 1.71 bits per heavy atom. The summed E-state index contributed by atoms with van der Waals surface area (Å²) in [5, 5.41) is 0. The van der Waals surface area contributed by atoms with Gasteiger partial charge in [0.15, 0.2) is 0 Å². The topological polar surface area (TPSA) is 38.8 Å². The van der Waals surface area contributed by atoms with Crippen LogP contribution < -0.4 is 0 Å². The number of nitrogens with zero attached hydrogens (tertiary/aromatic N) is 1. The molecule has 0 radical (unpaired) electrons. The quantitative estimate of drug-likeness (QED) is 0.647. The van der Waals surface area contributed by atoms with E-state index >= 15 is 0 Å². The minimum Gasteiger partial charge on any atom is -0.400 e. The Bertz CT molecular complexity index is 373. The van der Waals surface area contributed by atoms with E-state index in [1.54, 1.807) is 18.0 Å². The van der Waals surface area contributed by atoms with Crippen LogP contribution in [0.5, 0.6) is 0 Å². The lowest BCUT2D eigenvalue weighted by Gasteiger charge is -2.32. The van der Waals surface area contributed by atoms with Gasteiger partial charge >= 0.3 is 7.12 Å². The number of rotatable bonds is 1. The van der Waals surface area contributed by atoms with E-state index in [1.807, 2.05) is 34.6 Å². The summed E-state index contributed by atoms with van der Waals surface area (Å²) >= 11 is 0. The minimum atomic E-state index is -0.413. The van der Waals surface area contributed by atoms with Crippen molar-refractivity contribution in [2.24, 2.45) is 0 Å². The molecule has 1 saturated heterocycles. The number of hydrogen-bond acceptors (Lipinski definition) is 3. The lowest BCUT2D eigenvalue weighted by Crippen LogP contribution is -2.41. The van der Waals surface area contributed by atoms with Crippen LogP contribution >= 0.6 is 0 Å². The van der Waals surface area contributed by atoms with Gasteiger partial charge in [-0.15, -0.1) is 0 Å². The van der Waals surface area contributed by atoms with Crippen LogP contribution in [-0.4, -0.2) is 42.2 Å². The van der Waals surface area contributed by atoms with Gasteiger partial charge in [0, 0.05) is 19.2 Å². The minimum absolute atomic E-state index is 0.0159. The van der Waals surface area contributed by atoms with Gasteiger partial charge in [-0.05, 0) is 40.1 Å². The van der Waals surface area contributed by atoms with Crippen molar-refractivity contribution in [1.29, 1.82) is 0 Å². The van der Waals surface area contributed by atoms with Crippen LogP contribution in [0.2, 0.25) is 0 Å². The maximum atomic E-state index is 11.6. The van der Waals surface area contributed by atoms with E-state index < -0.39 is 7.12 Å². The smallest absolute Gasteiger partial charge is 0.400 e. The molecule has 2 heterocycles. The van der Waals surface area contributed by atoms with Crippen LogP contribution in [0.15, 0.2) is 11.5 Å². The largest absolute Gasteiger partial charge is 0.492 e. The van der Waals surface area contributed by atoms with E-state index in [1.165, 1.54) is 0 Å². The molecular weight excluding hydrogens is 217 g/mol. The molecule has 0 aliphatic carbocycles. The second kappa shape index (κ2) is 3.59. The van der Waals surface area contributed by atoms with E-state index in [-0.39, 0.29) is 23.2 Å². The molecule has 1 amide bonds. The number of hydrogen-bond donors (Lipinski definition) is 0. The van der Waals surface area contributed by atoms with Crippen molar-refractivity contribution in [1.82, 2.24) is 4.90 Å². The highest BCUT2D eigenvalue weighted by atomic mass is 16.7. The van der Waals surface area contributed by atoms with Crippen molar-refractivity contribution in [3.63, 3.8) is 0 Å². The van der Waals surface area contributed by atoms with Crippen LogP contribution in [0.1, 0.15) is 34.6 Å². The fourth-order valence-electron chi connectivity index (χ4n) is 2.02. The zero-order valence-electron chi connectivity index (χ0n) is 11.4. The average Bonchev–Trinajstić information content (AvgIpc) is 2.55. The molecule has 2 aliphatic heterocycles. The first-order valence-electron chi connectivity index (χ1n) is 5.99. The Morgan fingerprint density at radius 3 is 2.06 bits per heavy atom. The molecule has 4 nitrogen and oxygen atoms in total. The monoisotopic (exact) mass is 237 g/mol. The Labute approximate surface area is 103 Å². The Kier molecular flexibility index (Phi) is 2.67. The third kappa shape index (κ3) is 1.81. The molecule has 1 atom stereocenters. The van der Waals surface area contributed by atoms with Gasteiger partial charge in [0.2, 0.25) is 5.91 Å². The summed E-state index contributed by atoms with van der Waals surface area (Å²) in [4.78, 5) is 13.3. The zero-order chi connectivity index (χ0) is 13.0. The molecule has 0 saturated carbocycles. The molecule has 17 heavy (non-hydrogen) atoms. The molecule has 2 aliphatic rings. The first kappa shape index (κ1) is 12.6. The molecule has 0 spiro atoms. The SMILES string of the molecule is C[C@H]1C(B2OC(C)(C)C(C)(C)O2)=CC(=O)N1C. The van der Waals surface area contributed by atoms with Gasteiger partial charge in [0.05, 0.1) is 11.2 Å². The first-order chi connectivity index (χ1) is 7.66. The maximum Gasteiger partial charge on any atom is 0.492 e. The van der Waals surface area contributed by atoms with Crippen molar-refractivity contribution < 1.29 is 14.1 Å². The summed E-state index contributed by atoms with van der Waals surface area (Å²) in [7, 11) is 1.38. The molecular formula is C12H20BNO3. The molecule has 94 valence electrons. The van der Waals surface area contributed by atoms with Gasteiger partial charge in [-0.3, -0.25) is 4.79 Å². The molecule has 0 bridgehead atoms. The van der Waals surface area contributed by atoms with Gasteiger partial charge in [0.1, 0.15) is 0 Å². The molecule has 0 aromatic rings. The van der Waals surface area contributed by atoms with Gasteiger partial charge in [-0.1, -0.05) is 0 Å². The highest BCUT2D eigenvalue weighted by Crippen LogP contribution is 2.40. The third-order valence-electron chi connectivity index (χ3n) is 4.23. The van der Waals surface area contributed by atoms with Crippen LogP contribution in [-0.2, 0) is 14.1 Å². The van der Waals surface area contributed by atoms with E-state index in [4.69, 9.17) is 9.31 Å². The Morgan fingerprint density at radius 1 is 1.24 bits per heavy atom. The molecule has 0 aromatic carbocycles. The number of likely N-dealkylation sites (N-methyl/N-ethyl adjacent to an activating group) is 1. The van der Waals surface area contributed by atoms with E-state index in [9.17, 15) is 4.79 Å². The molecule has 1 fully saturated rings. The zero-order valence-corrected chi connectivity index (χ0v) is 11.4. The summed E-state index contributed by atoms with van der Waals surface area (Å²) in [6, 6.07) is 0.0391. The van der Waals surface area contributed by atoms with Crippen LogP contribution in [0.25, 0.3) is 0 Å². The summed E-state index contributed by atoms with van der Waals surface area (Å²) in [5.41, 5.74) is 0.196. The lowest BCUT2D eigenvalue weighted by molar-refractivity contribution is -0.124. The molecule has 0 unspecified atom stereocenters. The molecule has 2 rings (SSSR count). The molecule has 0 aromatic heterocycles. The normalized spacial score (nSPS) is 31.1. The van der Waals surface area contributed by atoms with Crippen molar-refractivity contribution in [2.75, 3.05) is 7.05 Å². The maximum absolute atomic E-state index is 11.6. The number of carbonyl (C=O) groups excluding carboxylic acids is 1. The summed E-state index contributed by atoms with van der Waals surface area (Å²) in [6.07, 6.45) is 1.63. The van der Waals surface area contributed by atoms with Crippen molar-refractivity contribution >= 4 is 13.0 Å². The summed E-state index contributed by atoms with van der Waals surface area (Å²) < 4.78 is 11.9.